The fourth-order valence-corrected chi connectivity index (χ4v) is 9.00. The molecule has 0 N–H and O–H groups in total. The van der Waals surface area contributed by atoms with E-state index in [9.17, 15) is 0 Å². The molecule has 3 heteroatoms. The van der Waals surface area contributed by atoms with Gasteiger partial charge in [0.15, 0.2) is 0 Å². The maximum atomic E-state index is 6.25. The summed E-state index contributed by atoms with van der Waals surface area (Å²) in [6.45, 7) is 0. The minimum Gasteiger partial charge on any atom is -0.456 e. The molecule has 0 atom stereocenters. The highest BCUT2D eigenvalue weighted by Gasteiger charge is 2.18. The molecule has 256 valence electrons. The van der Waals surface area contributed by atoms with Gasteiger partial charge in [0.2, 0.25) is 0 Å². The van der Waals surface area contributed by atoms with Crippen molar-refractivity contribution in [3.05, 3.63) is 194 Å². The summed E-state index contributed by atoms with van der Waals surface area (Å²) < 4.78 is 11.1. The summed E-state index contributed by atoms with van der Waals surface area (Å²) in [6, 6.07) is 70.4. The van der Waals surface area contributed by atoms with Crippen molar-refractivity contribution in [2.75, 3.05) is 0 Å². The summed E-state index contributed by atoms with van der Waals surface area (Å²) in [4.78, 5) is 0. The maximum Gasteiger partial charge on any atom is 0.136 e. The van der Waals surface area contributed by atoms with Gasteiger partial charge in [-0.25, -0.2) is 0 Å². The predicted octanol–water partition coefficient (Wildman–Crippen LogP) is 14.3. The van der Waals surface area contributed by atoms with Crippen molar-refractivity contribution in [1.29, 1.82) is 0 Å². The zero-order valence-corrected chi connectivity index (χ0v) is 29.8. The molecular weight excluding hydrogens is 669 g/mol. The lowest BCUT2D eigenvalue weighted by molar-refractivity contribution is 0.669. The van der Waals surface area contributed by atoms with E-state index in [2.05, 4.69) is 191 Å². The summed E-state index contributed by atoms with van der Waals surface area (Å²) in [5.74, 6) is 0. The standard InChI is InChI=1S/C52H32N2O/c1-2-12-34-29-39(26-23-33(34)11-1)54-47-20-7-4-16-42(47)45-32-36(25-28-49(45)54)35-24-27-48-44(31-35)41-15-3-6-19-46(41)53(48)38-14-9-13-37(30-38)40-18-10-22-51-52(40)43-17-5-8-21-50(43)55-51/h1-32H. The average Bonchev–Trinajstić information content (AvgIpc) is 3.91. The molecule has 0 unspecified atom stereocenters. The van der Waals surface area contributed by atoms with Crippen LogP contribution in [0.4, 0.5) is 0 Å². The van der Waals surface area contributed by atoms with Crippen molar-refractivity contribution in [2.45, 2.75) is 0 Å². The van der Waals surface area contributed by atoms with Gasteiger partial charge in [0, 0.05) is 43.7 Å². The van der Waals surface area contributed by atoms with E-state index in [4.69, 9.17) is 4.42 Å². The van der Waals surface area contributed by atoms with E-state index < -0.39 is 0 Å². The summed E-state index contributed by atoms with van der Waals surface area (Å²) in [5, 5.41) is 9.76. The Bertz CT molecular complexity index is 3500. The van der Waals surface area contributed by atoms with Gasteiger partial charge < -0.3 is 13.6 Å². The molecule has 12 rings (SSSR count). The monoisotopic (exact) mass is 700 g/mol. The molecule has 12 aromatic rings. The molecule has 0 radical (unpaired) electrons. The first-order valence-electron chi connectivity index (χ1n) is 18.8. The molecule has 0 fully saturated rings. The summed E-state index contributed by atoms with van der Waals surface area (Å²) in [7, 11) is 0. The van der Waals surface area contributed by atoms with Crippen molar-refractivity contribution in [3.63, 3.8) is 0 Å². The third kappa shape index (κ3) is 4.50. The summed E-state index contributed by atoms with van der Waals surface area (Å²) in [6.07, 6.45) is 0. The number of hydrogen-bond donors (Lipinski definition) is 0. The zero-order valence-electron chi connectivity index (χ0n) is 29.8. The Balaban J connectivity index is 1.01. The summed E-state index contributed by atoms with van der Waals surface area (Å²) >= 11 is 0. The van der Waals surface area contributed by atoms with Gasteiger partial charge in [-0.05, 0) is 106 Å². The lowest BCUT2D eigenvalue weighted by atomic mass is 9.99. The molecule has 0 aliphatic rings. The molecule has 0 spiro atoms. The highest BCUT2D eigenvalue weighted by Crippen LogP contribution is 2.41. The van der Waals surface area contributed by atoms with Gasteiger partial charge in [0.05, 0.1) is 22.1 Å². The number of aromatic nitrogens is 2. The third-order valence-electron chi connectivity index (χ3n) is 11.5. The van der Waals surface area contributed by atoms with Crippen LogP contribution in [0.15, 0.2) is 199 Å². The number of fused-ring (bicyclic) bond motifs is 10. The average molecular weight is 701 g/mol. The van der Waals surface area contributed by atoms with Gasteiger partial charge in [-0.1, -0.05) is 121 Å². The molecule has 0 amide bonds. The highest BCUT2D eigenvalue weighted by molar-refractivity contribution is 6.14. The predicted molar refractivity (Wildman–Crippen MR) is 231 cm³/mol. The van der Waals surface area contributed by atoms with E-state index in [1.165, 1.54) is 76.8 Å². The first kappa shape index (κ1) is 30.1. The Morgan fingerprint density at radius 3 is 1.60 bits per heavy atom. The van der Waals surface area contributed by atoms with Crippen molar-refractivity contribution >= 4 is 76.3 Å². The third-order valence-corrected chi connectivity index (χ3v) is 11.5. The second-order valence-corrected chi connectivity index (χ2v) is 14.5. The SMILES string of the molecule is c1cc(-c2cccc3oc4ccccc4c23)cc(-n2c3ccccc3c3cc(-c4ccc5c(c4)c4ccccc4n5-c4ccc5ccccc5c4)ccc32)c1. The van der Waals surface area contributed by atoms with Crippen LogP contribution in [-0.4, -0.2) is 9.13 Å². The van der Waals surface area contributed by atoms with Crippen LogP contribution in [0.5, 0.6) is 0 Å². The van der Waals surface area contributed by atoms with E-state index in [0.29, 0.717) is 0 Å². The van der Waals surface area contributed by atoms with E-state index in [1.54, 1.807) is 0 Å². The number of benzene rings is 9. The Morgan fingerprint density at radius 2 is 0.873 bits per heavy atom. The maximum absolute atomic E-state index is 6.25. The number of furan rings is 1. The number of nitrogens with zero attached hydrogens (tertiary/aromatic N) is 2. The second kappa shape index (κ2) is 11.6. The molecule has 0 aliphatic heterocycles. The smallest absolute Gasteiger partial charge is 0.136 e. The van der Waals surface area contributed by atoms with E-state index in [1.807, 2.05) is 12.1 Å². The van der Waals surface area contributed by atoms with Crippen LogP contribution < -0.4 is 0 Å². The molecule has 0 aliphatic carbocycles. The quantitative estimate of drug-likeness (QED) is 0.179. The van der Waals surface area contributed by atoms with E-state index in [-0.39, 0.29) is 0 Å². The van der Waals surface area contributed by atoms with Gasteiger partial charge in [0.25, 0.3) is 0 Å². The fourth-order valence-electron chi connectivity index (χ4n) is 9.00. The number of rotatable bonds is 4. The van der Waals surface area contributed by atoms with Crippen LogP contribution in [0.25, 0.3) is 110 Å². The van der Waals surface area contributed by atoms with E-state index >= 15 is 0 Å². The van der Waals surface area contributed by atoms with Gasteiger partial charge in [-0.2, -0.15) is 0 Å². The Morgan fingerprint density at radius 1 is 0.309 bits per heavy atom. The Kier molecular flexibility index (Phi) is 6.34. The van der Waals surface area contributed by atoms with Crippen LogP contribution in [0.1, 0.15) is 0 Å². The molecular formula is C52H32N2O. The molecule has 3 heterocycles. The van der Waals surface area contributed by atoms with E-state index in [0.717, 1.165) is 33.2 Å². The minimum atomic E-state index is 0.907. The number of hydrogen-bond acceptors (Lipinski definition) is 1. The normalized spacial score (nSPS) is 12.0. The fraction of sp³-hybridized carbons (Fsp3) is 0. The topological polar surface area (TPSA) is 23.0 Å². The number of para-hydroxylation sites is 3. The molecule has 3 aromatic heterocycles. The van der Waals surface area contributed by atoms with Gasteiger partial charge in [-0.15, -0.1) is 0 Å². The minimum absolute atomic E-state index is 0.907. The lowest BCUT2D eigenvalue weighted by Gasteiger charge is -2.11. The van der Waals surface area contributed by atoms with Crippen molar-refractivity contribution < 1.29 is 4.42 Å². The van der Waals surface area contributed by atoms with Crippen LogP contribution in [0, 0.1) is 0 Å². The molecule has 0 saturated carbocycles. The first-order chi connectivity index (χ1) is 27.3. The molecule has 55 heavy (non-hydrogen) atoms. The molecule has 0 saturated heterocycles. The van der Waals surface area contributed by atoms with Crippen LogP contribution in [-0.2, 0) is 0 Å². The molecule has 0 bridgehead atoms. The van der Waals surface area contributed by atoms with Crippen LogP contribution in [0.2, 0.25) is 0 Å². The van der Waals surface area contributed by atoms with Gasteiger partial charge >= 0.3 is 0 Å². The van der Waals surface area contributed by atoms with Gasteiger partial charge in [0.1, 0.15) is 11.2 Å². The molecule has 3 nitrogen and oxygen atoms in total. The first-order valence-corrected chi connectivity index (χ1v) is 18.8. The van der Waals surface area contributed by atoms with Crippen LogP contribution in [0.3, 0.4) is 0 Å². The largest absolute Gasteiger partial charge is 0.456 e. The summed E-state index contributed by atoms with van der Waals surface area (Å²) in [5.41, 5.74) is 13.6. The lowest BCUT2D eigenvalue weighted by Crippen LogP contribution is -1.94. The Hall–Kier alpha value is -7.36. The zero-order chi connectivity index (χ0) is 36.0. The Labute approximate surface area is 316 Å². The van der Waals surface area contributed by atoms with Crippen LogP contribution >= 0.6 is 0 Å². The van der Waals surface area contributed by atoms with Crippen molar-refractivity contribution in [1.82, 2.24) is 9.13 Å². The molecule has 9 aromatic carbocycles. The highest BCUT2D eigenvalue weighted by atomic mass is 16.3. The second-order valence-electron chi connectivity index (χ2n) is 14.5. The van der Waals surface area contributed by atoms with Gasteiger partial charge in [-0.3, -0.25) is 0 Å². The van der Waals surface area contributed by atoms with Crippen molar-refractivity contribution in [2.24, 2.45) is 0 Å². The van der Waals surface area contributed by atoms with Crippen molar-refractivity contribution in [3.8, 4) is 33.6 Å².